The molecule has 3 nitrogen and oxygen atoms in total. The highest BCUT2D eigenvalue weighted by Crippen LogP contribution is 2.40. The minimum absolute atomic E-state index is 0.276. The van der Waals surface area contributed by atoms with Crippen molar-refractivity contribution in [2.75, 3.05) is 32.7 Å². The molecule has 1 unspecified atom stereocenters. The Morgan fingerprint density at radius 1 is 0.905 bits per heavy atom. The number of nitrogens with zero attached hydrogens (tertiary/aromatic N) is 2. The lowest BCUT2D eigenvalue weighted by atomic mass is 9.82. The van der Waals surface area contributed by atoms with Crippen molar-refractivity contribution in [1.29, 1.82) is 0 Å². The molecule has 2 N–H and O–H groups in total. The van der Waals surface area contributed by atoms with Crippen molar-refractivity contribution < 1.29 is 0 Å². The maximum atomic E-state index is 6.29. The van der Waals surface area contributed by atoms with E-state index in [4.69, 9.17) is 5.73 Å². The first kappa shape index (κ1) is 17.2. The molecule has 0 bridgehead atoms. The first-order chi connectivity index (χ1) is 9.69. The van der Waals surface area contributed by atoms with Crippen molar-refractivity contribution in [3.05, 3.63) is 0 Å². The van der Waals surface area contributed by atoms with E-state index >= 15 is 0 Å². The molecular formula is C18H37N3. The number of hydrogen-bond acceptors (Lipinski definition) is 3. The van der Waals surface area contributed by atoms with Gasteiger partial charge in [0.25, 0.3) is 0 Å². The van der Waals surface area contributed by atoms with Crippen LogP contribution in [0.3, 0.4) is 0 Å². The molecule has 0 radical (unpaired) electrons. The molecule has 2 aliphatic rings. The Morgan fingerprint density at radius 3 is 2.05 bits per heavy atom. The summed E-state index contributed by atoms with van der Waals surface area (Å²) in [4.78, 5) is 5.35. The predicted molar refractivity (Wildman–Crippen MR) is 91.6 cm³/mol. The summed E-state index contributed by atoms with van der Waals surface area (Å²) in [6.07, 6.45) is 6.60. The molecule has 0 amide bonds. The van der Waals surface area contributed by atoms with E-state index in [1.807, 2.05) is 0 Å². The third-order valence-electron chi connectivity index (χ3n) is 6.04. The largest absolute Gasteiger partial charge is 0.329 e. The second kappa shape index (κ2) is 6.17. The van der Waals surface area contributed by atoms with Gasteiger partial charge < -0.3 is 5.73 Å². The Kier molecular flexibility index (Phi) is 5.07. The summed E-state index contributed by atoms with van der Waals surface area (Å²) in [5.74, 6) is 0. The summed E-state index contributed by atoms with van der Waals surface area (Å²) in [5.41, 5.74) is 7.37. The molecule has 0 spiro atoms. The fourth-order valence-corrected chi connectivity index (χ4v) is 4.22. The van der Waals surface area contributed by atoms with Crippen molar-refractivity contribution in [2.45, 2.75) is 77.8 Å². The number of hydrogen-bond donors (Lipinski definition) is 1. The minimum atomic E-state index is 0.276. The third kappa shape index (κ3) is 4.00. The summed E-state index contributed by atoms with van der Waals surface area (Å²) in [7, 11) is 0. The highest BCUT2D eigenvalue weighted by molar-refractivity contribution is 4.98. The SMILES string of the molecule is CC1(C)CCCC(CN)(N2CCN(C(C)(C)C)CC2)CC1. The van der Waals surface area contributed by atoms with Crippen LogP contribution in [0.5, 0.6) is 0 Å². The van der Waals surface area contributed by atoms with Gasteiger partial charge in [-0.3, -0.25) is 9.80 Å². The molecular weight excluding hydrogens is 258 g/mol. The Morgan fingerprint density at radius 2 is 1.52 bits per heavy atom. The zero-order valence-electron chi connectivity index (χ0n) is 15.0. The van der Waals surface area contributed by atoms with E-state index in [0.29, 0.717) is 11.0 Å². The Balaban J connectivity index is 2.02. The van der Waals surface area contributed by atoms with Crippen LogP contribution in [-0.4, -0.2) is 53.6 Å². The molecule has 0 aromatic rings. The van der Waals surface area contributed by atoms with Crippen LogP contribution in [0.15, 0.2) is 0 Å². The lowest BCUT2D eigenvalue weighted by Gasteiger charge is -2.50. The monoisotopic (exact) mass is 295 g/mol. The molecule has 1 heterocycles. The van der Waals surface area contributed by atoms with E-state index in [-0.39, 0.29) is 5.54 Å². The lowest BCUT2D eigenvalue weighted by molar-refractivity contribution is -0.00375. The van der Waals surface area contributed by atoms with Gasteiger partial charge in [-0.1, -0.05) is 20.3 Å². The Bertz CT molecular complexity index is 337. The predicted octanol–water partition coefficient (Wildman–Crippen LogP) is 3.09. The maximum absolute atomic E-state index is 6.29. The molecule has 1 saturated heterocycles. The summed E-state index contributed by atoms with van der Waals surface area (Å²) >= 11 is 0. The molecule has 1 saturated carbocycles. The van der Waals surface area contributed by atoms with Crippen molar-refractivity contribution in [3.63, 3.8) is 0 Å². The van der Waals surface area contributed by atoms with Gasteiger partial charge in [-0.25, -0.2) is 0 Å². The summed E-state index contributed by atoms with van der Waals surface area (Å²) in [6.45, 7) is 17.4. The normalized spacial score (nSPS) is 32.9. The topological polar surface area (TPSA) is 32.5 Å². The maximum Gasteiger partial charge on any atom is 0.0333 e. The van der Waals surface area contributed by atoms with Gasteiger partial charge in [0.2, 0.25) is 0 Å². The van der Waals surface area contributed by atoms with Crippen LogP contribution in [0, 0.1) is 5.41 Å². The van der Waals surface area contributed by atoms with E-state index in [2.05, 4.69) is 44.4 Å². The minimum Gasteiger partial charge on any atom is -0.329 e. The average molecular weight is 296 g/mol. The van der Waals surface area contributed by atoms with Gasteiger partial charge >= 0.3 is 0 Å². The van der Waals surface area contributed by atoms with Crippen molar-refractivity contribution in [2.24, 2.45) is 11.1 Å². The van der Waals surface area contributed by atoms with Gasteiger partial charge in [0, 0.05) is 43.8 Å². The van der Waals surface area contributed by atoms with E-state index in [1.165, 1.54) is 58.3 Å². The molecule has 1 atom stereocenters. The van der Waals surface area contributed by atoms with Crippen LogP contribution in [0.2, 0.25) is 0 Å². The fourth-order valence-electron chi connectivity index (χ4n) is 4.22. The highest BCUT2D eigenvalue weighted by Gasteiger charge is 2.41. The van der Waals surface area contributed by atoms with Crippen LogP contribution in [0.25, 0.3) is 0 Å². The van der Waals surface area contributed by atoms with Crippen LogP contribution in [0.1, 0.15) is 66.7 Å². The molecule has 1 aliphatic carbocycles. The highest BCUT2D eigenvalue weighted by atomic mass is 15.3. The second-order valence-electron chi connectivity index (χ2n) is 9.09. The molecule has 3 heteroatoms. The smallest absolute Gasteiger partial charge is 0.0333 e. The summed E-state index contributed by atoms with van der Waals surface area (Å²) in [6, 6.07) is 0. The van der Waals surface area contributed by atoms with Gasteiger partial charge in [-0.05, 0) is 51.9 Å². The number of piperazine rings is 1. The van der Waals surface area contributed by atoms with E-state index in [0.717, 1.165) is 6.54 Å². The van der Waals surface area contributed by atoms with Crippen LogP contribution >= 0.6 is 0 Å². The molecule has 1 aliphatic heterocycles. The van der Waals surface area contributed by atoms with Crippen molar-refractivity contribution in [1.82, 2.24) is 9.80 Å². The molecule has 2 rings (SSSR count). The van der Waals surface area contributed by atoms with Gasteiger partial charge in [0.1, 0.15) is 0 Å². The molecule has 124 valence electrons. The molecule has 21 heavy (non-hydrogen) atoms. The van der Waals surface area contributed by atoms with Gasteiger partial charge in [0.15, 0.2) is 0 Å². The lowest BCUT2D eigenvalue weighted by Crippen LogP contribution is -2.62. The van der Waals surface area contributed by atoms with Gasteiger partial charge in [0.05, 0.1) is 0 Å². The van der Waals surface area contributed by atoms with Gasteiger partial charge in [-0.2, -0.15) is 0 Å². The van der Waals surface area contributed by atoms with Crippen LogP contribution in [0.4, 0.5) is 0 Å². The second-order valence-corrected chi connectivity index (χ2v) is 9.09. The summed E-state index contributed by atoms with van der Waals surface area (Å²) in [5, 5.41) is 0. The van der Waals surface area contributed by atoms with Gasteiger partial charge in [-0.15, -0.1) is 0 Å². The zero-order chi connectivity index (χ0) is 15.7. The standard InChI is InChI=1S/C18H37N3/c1-16(2,3)20-11-13-21(14-12-20)18(15-19)8-6-7-17(4,5)9-10-18/h6-15,19H2,1-5H3. The Labute approximate surface area is 132 Å². The quantitative estimate of drug-likeness (QED) is 0.795. The number of nitrogens with two attached hydrogens (primary N) is 1. The zero-order valence-corrected chi connectivity index (χ0v) is 15.0. The Hall–Kier alpha value is -0.120. The molecule has 0 aromatic carbocycles. The average Bonchev–Trinajstić information content (AvgIpc) is 2.57. The van der Waals surface area contributed by atoms with E-state index < -0.39 is 0 Å². The van der Waals surface area contributed by atoms with Crippen LogP contribution < -0.4 is 5.73 Å². The fraction of sp³-hybridized carbons (Fsp3) is 1.00. The van der Waals surface area contributed by atoms with E-state index in [9.17, 15) is 0 Å². The number of rotatable bonds is 2. The molecule has 0 aromatic heterocycles. The van der Waals surface area contributed by atoms with Crippen LogP contribution in [-0.2, 0) is 0 Å². The first-order valence-electron chi connectivity index (χ1n) is 8.89. The third-order valence-corrected chi connectivity index (χ3v) is 6.04. The summed E-state index contributed by atoms with van der Waals surface area (Å²) < 4.78 is 0. The molecule has 2 fully saturated rings. The van der Waals surface area contributed by atoms with Crippen molar-refractivity contribution in [3.8, 4) is 0 Å². The van der Waals surface area contributed by atoms with E-state index in [1.54, 1.807) is 0 Å². The first-order valence-corrected chi connectivity index (χ1v) is 8.89. The van der Waals surface area contributed by atoms with Crippen molar-refractivity contribution >= 4 is 0 Å².